The Bertz CT molecular complexity index is 857. The predicted octanol–water partition coefficient (Wildman–Crippen LogP) is 5.57. The van der Waals surface area contributed by atoms with Crippen LogP contribution in [-0.4, -0.2) is 30.7 Å². The highest BCUT2D eigenvalue weighted by molar-refractivity contribution is 5.93. The van der Waals surface area contributed by atoms with Crippen LogP contribution in [0, 0.1) is 0 Å². The molecule has 154 valence electrons. The van der Waals surface area contributed by atoms with Gasteiger partial charge in [0.1, 0.15) is 0 Å². The van der Waals surface area contributed by atoms with E-state index in [1.54, 1.807) is 18.0 Å². The highest BCUT2D eigenvalue weighted by Crippen LogP contribution is 2.25. The molecule has 0 unspecified atom stereocenters. The number of anilines is 1. The third kappa shape index (κ3) is 6.49. The van der Waals surface area contributed by atoms with E-state index in [4.69, 9.17) is 5.11 Å². The molecule has 0 spiro atoms. The van der Waals surface area contributed by atoms with E-state index in [-0.39, 0.29) is 6.03 Å². The van der Waals surface area contributed by atoms with Gasteiger partial charge in [0.25, 0.3) is 0 Å². The number of hydrogen-bond donors (Lipinski definition) is 2. The molecule has 5 nitrogen and oxygen atoms in total. The molecule has 0 aliphatic carbocycles. The van der Waals surface area contributed by atoms with Crippen molar-refractivity contribution in [3.05, 3.63) is 59.7 Å². The zero-order valence-corrected chi connectivity index (χ0v) is 17.4. The number of carboxylic acids is 1. The number of nitrogens with one attached hydrogen (secondary N) is 1. The third-order valence-corrected chi connectivity index (χ3v) is 4.84. The van der Waals surface area contributed by atoms with Crippen LogP contribution < -0.4 is 10.2 Å². The summed E-state index contributed by atoms with van der Waals surface area (Å²) in [5, 5.41) is 12.1. The normalized spacial score (nSPS) is 11.2. The lowest BCUT2D eigenvalue weighted by molar-refractivity contribution is -0.132. The quantitative estimate of drug-likeness (QED) is 0.432. The van der Waals surface area contributed by atoms with Gasteiger partial charge in [0.15, 0.2) is 0 Å². The number of urea groups is 1. The summed E-state index contributed by atoms with van der Waals surface area (Å²) in [5.74, 6) is -0.889. The largest absolute Gasteiger partial charge is 0.478 e. The summed E-state index contributed by atoms with van der Waals surface area (Å²) in [6, 6.07) is 15.4. The summed E-state index contributed by atoms with van der Waals surface area (Å²) >= 11 is 0. The lowest BCUT2D eigenvalue weighted by Crippen LogP contribution is -2.37. The molecule has 5 heteroatoms. The average molecular weight is 395 g/mol. The fourth-order valence-electron chi connectivity index (χ4n) is 2.99. The number of carbonyl (C=O) groups excluding carboxylic acids is 1. The van der Waals surface area contributed by atoms with Crippen molar-refractivity contribution >= 4 is 23.8 Å². The topological polar surface area (TPSA) is 69.6 Å². The molecule has 0 aliphatic heterocycles. The molecule has 0 saturated carbocycles. The van der Waals surface area contributed by atoms with Gasteiger partial charge in [0.05, 0.1) is 0 Å². The number of nitrogens with zero attached hydrogens (tertiary/aromatic N) is 1. The Labute approximate surface area is 173 Å². The molecule has 0 aromatic heterocycles. The standard InChI is InChI=1S/C24H30N2O3/c1-4-6-7-15-25-24(29)26(3)22-10-8-9-21(17-22)20-13-11-18(12-14-20)16-19(5-2)23(27)28/h8-14,16-17H,4-7,15H2,1-3H3,(H,25,29)(H,27,28)/b19-16-. The Kier molecular flexibility index (Phi) is 8.46. The van der Waals surface area contributed by atoms with Crippen molar-refractivity contribution in [3.63, 3.8) is 0 Å². The Morgan fingerprint density at radius 1 is 1.03 bits per heavy atom. The highest BCUT2D eigenvalue weighted by Gasteiger charge is 2.11. The van der Waals surface area contributed by atoms with Crippen molar-refractivity contribution in [2.75, 3.05) is 18.5 Å². The van der Waals surface area contributed by atoms with E-state index in [2.05, 4.69) is 12.2 Å². The maximum absolute atomic E-state index is 12.3. The van der Waals surface area contributed by atoms with E-state index in [0.717, 1.165) is 41.6 Å². The summed E-state index contributed by atoms with van der Waals surface area (Å²) in [6.45, 7) is 4.65. The first-order chi connectivity index (χ1) is 14.0. The molecule has 0 aliphatic rings. The summed E-state index contributed by atoms with van der Waals surface area (Å²) in [7, 11) is 1.76. The van der Waals surface area contributed by atoms with E-state index in [1.165, 1.54) is 0 Å². The minimum Gasteiger partial charge on any atom is -0.478 e. The number of rotatable bonds is 9. The van der Waals surface area contributed by atoms with Crippen LogP contribution in [0.25, 0.3) is 17.2 Å². The molecule has 0 saturated heterocycles. The van der Waals surface area contributed by atoms with Gasteiger partial charge in [-0.3, -0.25) is 4.90 Å². The number of aliphatic carboxylic acids is 1. The molecule has 29 heavy (non-hydrogen) atoms. The molecular formula is C24H30N2O3. The zero-order valence-electron chi connectivity index (χ0n) is 17.4. The summed E-state index contributed by atoms with van der Waals surface area (Å²) in [4.78, 5) is 25.1. The van der Waals surface area contributed by atoms with Crippen LogP contribution in [0.3, 0.4) is 0 Å². The number of unbranched alkanes of at least 4 members (excludes halogenated alkanes) is 2. The van der Waals surface area contributed by atoms with Crippen LogP contribution in [0.2, 0.25) is 0 Å². The number of benzene rings is 2. The van der Waals surface area contributed by atoms with Gasteiger partial charge in [-0.1, -0.05) is 63.1 Å². The van der Waals surface area contributed by atoms with Crippen molar-refractivity contribution in [3.8, 4) is 11.1 Å². The lowest BCUT2D eigenvalue weighted by Gasteiger charge is -2.19. The van der Waals surface area contributed by atoms with E-state index in [9.17, 15) is 9.59 Å². The van der Waals surface area contributed by atoms with Crippen LogP contribution >= 0.6 is 0 Å². The molecule has 0 radical (unpaired) electrons. The molecule has 0 heterocycles. The van der Waals surface area contributed by atoms with Gasteiger partial charge in [0.2, 0.25) is 0 Å². The van der Waals surface area contributed by atoms with Gasteiger partial charge in [-0.2, -0.15) is 0 Å². The van der Waals surface area contributed by atoms with E-state index in [1.807, 2.05) is 55.5 Å². The molecule has 2 N–H and O–H groups in total. The minimum absolute atomic E-state index is 0.112. The lowest BCUT2D eigenvalue weighted by atomic mass is 10.0. The van der Waals surface area contributed by atoms with Crippen LogP contribution in [0.4, 0.5) is 10.5 Å². The van der Waals surface area contributed by atoms with Crippen molar-refractivity contribution in [2.24, 2.45) is 0 Å². The number of amides is 2. The second-order valence-electron chi connectivity index (χ2n) is 7.00. The van der Waals surface area contributed by atoms with Gasteiger partial charge in [-0.05, 0) is 47.7 Å². The van der Waals surface area contributed by atoms with Crippen molar-refractivity contribution in [2.45, 2.75) is 39.5 Å². The van der Waals surface area contributed by atoms with E-state index in [0.29, 0.717) is 18.5 Å². The van der Waals surface area contributed by atoms with E-state index >= 15 is 0 Å². The molecular weight excluding hydrogens is 364 g/mol. The Balaban J connectivity index is 2.12. The van der Waals surface area contributed by atoms with Crippen LogP contribution in [-0.2, 0) is 4.79 Å². The first-order valence-electron chi connectivity index (χ1n) is 10.1. The second kappa shape index (κ2) is 11.1. The monoisotopic (exact) mass is 394 g/mol. The fraction of sp³-hybridized carbons (Fsp3) is 0.333. The number of hydrogen-bond acceptors (Lipinski definition) is 2. The Hall–Kier alpha value is -3.08. The van der Waals surface area contributed by atoms with E-state index < -0.39 is 5.97 Å². The van der Waals surface area contributed by atoms with Crippen molar-refractivity contribution < 1.29 is 14.7 Å². The molecule has 0 fully saturated rings. The first-order valence-corrected chi connectivity index (χ1v) is 10.1. The smallest absolute Gasteiger partial charge is 0.331 e. The number of carboxylic acid groups (broad SMARTS) is 1. The molecule has 0 atom stereocenters. The summed E-state index contributed by atoms with van der Waals surface area (Å²) < 4.78 is 0. The Morgan fingerprint density at radius 2 is 1.76 bits per heavy atom. The predicted molar refractivity (Wildman–Crippen MR) is 119 cm³/mol. The molecule has 2 aromatic rings. The third-order valence-electron chi connectivity index (χ3n) is 4.84. The maximum Gasteiger partial charge on any atom is 0.331 e. The average Bonchev–Trinajstić information content (AvgIpc) is 2.74. The van der Waals surface area contributed by atoms with Crippen molar-refractivity contribution in [1.29, 1.82) is 0 Å². The summed E-state index contributed by atoms with van der Waals surface area (Å²) in [5.41, 5.74) is 4.06. The maximum atomic E-state index is 12.3. The Morgan fingerprint density at radius 3 is 2.38 bits per heavy atom. The summed E-state index contributed by atoms with van der Waals surface area (Å²) in [6.07, 6.45) is 5.39. The first kappa shape index (κ1) is 22.2. The van der Waals surface area contributed by atoms with Crippen LogP contribution in [0.15, 0.2) is 54.1 Å². The molecule has 0 bridgehead atoms. The SMILES string of the molecule is CCCCCNC(=O)N(C)c1cccc(-c2ccc(/C=C(/CC)C(=O)O)cc2)c1. The highest BCUT2D eigenvalue weighted by atomic mass is 16.4. The molecule has 2 amide bonds. The zero-order chi connectivity index (χ0) is 21.2. The minimum atomic E-state index is -0.889. The van der Waals surface area contributed by atoms with Crippen LogP contribution in [0.5, 0.6) is 0 Å². The second-order valence-corrected chi connectivity index (χ2v) is 7.00. The van der Waals surface area contributed by atoms with Gasteiger partial charge >= 0.3 is 12.0 Å². The van der Waals surface area contributed by atoms with Gasteiger partial charge < -0.3 is 10.4 Å². The van der Waals surface area contributed by atoms with Crippen LogP contribution in [0.1, 0.15) is 45.1 Å². The van der Waals surface area contributed by atoms with Gasteiger partial charge in [-0.25, -0.2) is 9.59 Å². The van der Waals surface area contributed by atoms with Crippen molar-refractivity contribution in [1.82, 2.24) is 5.32 Å². The number of carbonyl (C=O) groups is 2. The molecule has 2 aromatic carbocycles. The van der Waals surface area contributed by atoms with Gasteiger partial charge in [-0.15, -0.1) is 0 Å². The van der Waals surface area contributed by atoms with Gasteiger partial charge in [0, 0.05) is 24.9 Å². The molecule has 2 rings (SSSR count). The fourth-order valence-corrected chi connectivity index (χ4v) is 2.99.